The van der Waals surface area contributed by atoms with E-state index in [4.69, 9.17) is 0 Å². The first kappa shape index (κ1) is 16.1. The van der Waals surface area contributed by atoms with Crippen molar-refractivity contribution in [2.75, 3.05) is 13.1 Å². The quantitative estimate of drug-likeness (QED) is 0.817. The first-order valence-corrected chi connectivity index (χ1v) is 8.69. The summed E-state index contributed by atoms with van der Waals surface area (Å²) >= 11 is 0. The predicted molar refractivity (Wildman–Crippen MR) is 82.2 cm³/mol. The van der Waals surface area contributed by atoms with E-state index < -0.39 is 10.2 Å². The Labute approximate surface area is 126 Å². The Morgan fingerprint density at radius 3 is 2.48 bits per heavy atom. The highest BCUT2D eigenvalue weighted by atomic mass is 32.2. The third kappa shape index (κ3) is 4.36. The van der Waals surface area contributed by atoms with Crippen LogP contribution in [0.5, 0.6) is 0 Å². The van der Waals surface area contributed by atoms with Crippen molar-refractivity contribution < 1.29 is 13.2 Å². The average molecular weight is 310 g/mol. The van der Waals surface area contributed by atoms with Gasteiger partial charge >= 0.3 is 0 Å². The molecule has 1 fully saturated rings. The fourth-order valence-electron chi connectivity index (χ4n) is 2.24. The molecule has 5 nitrogen and oxygen atoms in total. The lowest BCUT2D eigenvalue weighted by Gasteiger charge is -2.13. The monoisotopic (exact) mass is 310 g/mol. The van der Waals surface area contributed by atoms with Crippen molar-refractivity contribution in [1.82, 2.24) is 9.03 Å². The molecule has 1 heterocycles. The van der Waals surface area contributed by atoms with Crippen LogP contribution in [-0.2, 0) is 16.8 Å². The average Bonchev–Trinajstić information content (AvgIpc) is 2.76. The van der Waals surface area contributed by atoms with Gasteiger partial charge in [0.15, 0.2) is 5.78 Å². The summed E-state index contributed by atoms with van der Waals surface area (Å²) < 4.78 is 27.2. The Hall–Kier alpha value is -1.24. The topological polar surface area (TPSA) is 66.5 Å². The third-order valence-corrected chi connectivity index (χ3v) is 5.13. The van der Waals surface area contributed by atoms with Crippen molar-refractivity contribution in [1.29, 1.82) is 0 Å². The second-order valence-electron chi connectivity index (χ2n) is 5.79. The third-order valence-electron chi connectivity index (χ3n) is 3.57. The Morgan fingerprint density at radius 2 is 1.95 bits per heavy atom. The van der Waals surface area contributed by atoms with Crippen LogP contribution >= 0.6 is 0 Å². The maximum absolute atomic E-state index is 12.0. The van der Waals surface area contributed by atoms with E-state index in [1.807, 2.05) is 12.1 Å². The molecule has 0 saturated carbocycles. The normalized spacial score (nSPS) is 18.2. The van der Waals surface area contributed by atoms with Crippen LogP contribution < -0.4 is 4.72 Å². The molecule has 0 unspecified atom stereocenters. The zero-order chi connectivity index (χ0) is 15.5. The molecular weight excluding hydrogens is 288 g/mol. The number of hydrogen-bond acceptors (Lipinski definition) is 3. The van der Waals surface area contributed by atoms with Crippen LogP contribution in [0.1, 0.15) is 42.6 Å². The molecule has 0 amide bonds. The molecule has 0 aromatic heterocycles. The van der Waals surface area contributed by atoms with Crippen molar-refractivity contribution in [2.24, 2.45) is 5.92 Å². The van der Waals surface area contributed by atoms with Crippen molar-refractivity contribution in [3.63, 3.8) is 0 Å². The zero-order valence-electron chi connectivity index (χ0n) is 12.5. The van der Waals surface area contributed by atoms with E-state index in [1.165, 1.54) is 4.31 Å². The first-order valence-electron chi connectivity index (χ1n) is 7.25. The lowest BCUT2D eigenvalue weighted by molar-refractivity contribution is 0.0975. The van der Waals surface area contributed by atoms with Crippen molar-refractivity contribution in [2.45, 2.75) is 33.2 Å². The smallest absolute Gasteiger partial charge is 0.279 e. The van der Waals surface area contributed by atoms with E-state index in [0.717, 1.165) is 12.0 Å². The van der Waals surface area contributed by atoms with Gasteiger partial charge in [0.1, 0.15) is 0 Å². The highest BCUT2D eigenvalue weighted by Crippen LogP contribution is 2.15. The van der Waals surface area contributed by atoms with Gasteiger partial charge in [-0.15, -0.1) is 0 Å². The van der Waals surface area contributed by atoms with Crippen LogP contribution in [0.3, 0.4) is 0 Å². The molecule has 6 heteroatoms. The van der Waals surface area contributed by atoms with Gasteiger partial charge in [-0.05, 0) is 17.9 Å². The minimum absolute atomic E-state index is 0.144. The van der Waals surface area contributed by atoms with E-state index in [2.05, 4.69) is 18.6 Å². The second kappa shape index (κ2) is 6.68. The Kier molecular flexibility index (Phi) is 5.13. The van der Waals surface area contributed by atoms with Gasteiger partial charge in [-0.2, -0.15) is 12.7 Å². The molecule has 1 aliphatic rings. The SMILES string of the molecule is CC(C)CCC(=O)c1ccc(CN2CCNS2(=O)=O)cc1. The number of nitrogens with zero attached hydrogens (tertiary/aromatic N) is 1. The largest absolute Gasteiger partial charge is 0.294 e. The molecule has 0 radical (unpaired) electrons. The Bertz CT molecular complexity index is 594. The van der Waals surface area contributed by atoms with E-state index >= 15 is 0 Å². The van der Waals surface area contributed by atoms with E-state index in [-0.39, 0.29) is 5.78 Å². The number of carbonyl (C=O) groups is 1. The standard InChI is InChI=1S/C15H22N2O3S/c1-12(2)3-8-15(18)14-6-4-13(5-7-14)11-17-10-9-16-21(17,19)20/h4-7,12,16H,3,8-11H2,1-2H3. The molecule has 1 aliphatic heterocycles. The van der Waals surface area contributed by atoms with Gasteiger partial charge in [0.2, 0.25) is 0 Å². The molecule has 21 heavy (non-hydrogen) atoms. The minimum atomic E-state index is -3.31. The van der Waals surface area contributed by atoms with Crippen LogP contribution in [0.25, 0.3) is 0 Å². The summed E-state index contributed by atoms with van der Waals surface area (Å²) in [6.45, 7) is 5.48. The second-order valence-corrected chi connectivity index (χ2v) is 7.54. The van der Waals surface area contributed by atoms with Crippen LogP contribution in [0.4, 0.5) is 0 Å². The van der Waals surface area contributed by atoms with Crippen LogP contribution in [0.15, 0.2) is 24.3 Å². The molecule has 0 bridgehead atoms. The fourth-order valence-corrected chi connectivity index (χ4v) is 3.42. The molecular formula is C15H22N2O3S. The van der Waals surface area contributed by atoms with Crippen LogP contribution in [0.2, 0.25) is 0 Å². The number of hydrogen-bond donors (Lipinski definition) is 1. The summed E-state index contributed by atoms with van der Waals surface area (Å²) in [5, 5.41) is 0. The van der Waals surface area contributed by atoms with Gasteiger partial charge in [-0.25, -0.2) is 4.72 Å². The molecule has 1 N–H and O–H groups in total. The zero-order valence-corrected chi connectivity index (χ0v) is 13.3. The molecule has 0 aliphatic carbocycles. The number of rotatable bonds is 6. The number of benzene rings is 1. The van der Waals surface area contributed by atoms with Gasteiger partial charge in [0.25, 0.3) is 10.2 Å². The number of carbonyl (C=O) groups excluding carboxylic acids is 1. The summed E-state index contributed by atoms with van der Waals surface area (Å²) in [5.74, 6) is 0.659. The Balaban J connectivity index is 1.97. The lowest BCUT2D eigenvalue weighted by Crippen LogP contribution is -2.29. The molecule has 1 saturated heterocycles. The minimum Gasteiger partial charge on any atom is -0.294 e. The van der Waals surface area contributed by atoms with Crippen LogP contribution in [0, 0.1) is 5.92 Å². The van der Waals surface area contributed by atoms with Crippen LogP contribution in [-0.4, -0.2) is 31.6 Å². The summed E-state index contributed by atoms with van der Waals surface area (Å²) in [7, 11) is -3.31. The van der Waals surface area contributed by atoms with E-state index in [0.29, 0.717) is 37.5 Å². The van der Waals surface area contributed by atoms with Crippen molar-refractivity contribution >= 4 is 16.0 Å². The predicted octanol–water partition coefficient (Wildman–Crippen LogP) is 1.96. The van der Waals surface area contributed by atoms with Gasteiger partial charge in [-0.3, -0.25) is 4.79 Å². The summed E-state index contributed by atoms with van der Waals surface area (Å²) in [4.78, 5) is 12.0. The molecule has 0 atom stereocenters. The summed E-state index contributed by atoms with van der Waals surface area (Å²) in [6, 6.07) is 7.23. The molecule has 2 rings (SSSR count). The number of Topliss-reactive ketones (excluding diaryl/α,β-unsaturated/α-hetero) is 1. The van der Waals surface area contributed by atoms with E-state index in [1.54, 1.807) is 12.1 Å². The van der Waals surface area contributed by atoms with E-state index in [9.17, 15) is 13.2 Å². The molecule has 116 valence electrons. The first-order chi connectivity index (χ1) is 9.88. The summed E-state index contributed by atoms with van der Waals surface area (Å²) in [6.07, 6.45) is 1.44. The summed E-state index contributed by atoms with van der Waals surface area (Å²) in [5.41, 5.74) is 1.59. The lowest BCUT2D eigenvalue weighted by atomic mass is 10.0. The Morgan fingerprint density at radius 1 is 1.29 bits per heavy atom. The van der Waals surface area contributed by atoms with Crippen molar-refractivity contribution in [3.8, 4) is 0 Å². The highest BCUT2D eigenvalue weighted by molar-refractivity contribution is 7.87. The maximum Gasteiger partial charge on any atom is 0.279 e. The van der Waals surface area contributed by atoms with Gasteiger partial charge in [0.05, 0.1) is 0 Å². The van der Waals surface area contributed by atoms with Gasteiger partial charge in [-0.1, -0.05) is 38.1 Å². The number of nitrogens with one attached hydrogen (secondary N) is 1. The fraction of sp³-hybridized carbons (Fsp3) is 0.533. The van der Waals surface area contributed by atoms with Crippen molar-refractivity contribution in [3.05, 3.63) is 35.4 Å². The van der Waals surface area contributed by atoms with Gasteiger partial charge in [0, 0.05) is 31.6 Å². The molecule has 1 aromatic rings. The molecule has 1 aromatic carbocycles. The number of ketones is 1. The maximum atomic E-state index is 12.0. The highest BCUT2D eigenvalue weighted by Gasteiger charge is 2.27. The molecule has 0 spiro atoms. The van der Waals surface area contributed by atoms with Gasteiger partial charge < -0.3 is 0 Å².